The van der Waals surface area contributed by atoms with E-state index in [0.717, 1.165) is 6.42 Å². The number of rotatable bonds is 1. The lowest BCUT2D eigenvalue weighted by Crippen LogP contribution is -2.53. The van der Waals surface area contributed by atoms with Crippen LogP contribution < -0.4 is 5.73 Å². The minimum Gasteiger partial charge on any atom is -0.338 e. The molecule has 0 spiro atoms. The number of likely N-dealkylation sites (tertiary alicyclic amines) is 1. The predicted octanol–water partition coefficient (Wildman–Crippen LogP) is 1.13. The standard InChI is InChI=1S/C9H15F3N2O/c1-5-3-4-14(6(5)2)8(15)7(13)9(10,11)12/h5-7H,3-4,13H2,1-2H3. The Morgan fingerprint density at radius 3 is 2.33 bits per heavy atom. The minimum absolute atomic E-state index is 0.161. The van der Waals surface area contributed by atoms with E-state index >= 15 is 0 Å². The molecule has 0 aliphatic carbocycles. The summed E-state index contributed by atoms with van der Waals surface area (Å²) in [6.07, 6.45) is -3.92. The second kappa shape index (κ2) is 4.00. The summed E-state index contributed by atoms with van der Waals surface area (Å²) in [6, 6.07) is -2.55. The molecule has 1 heterocycles. The molecule has 3 atom stereocenters. The van der Waals surface area contributed by atoms with Crippen molar-refractivity contribution in [2.75, 3.05) is 6.54 Å². The number of hydrogen-bond donors (Lipinski definition) is 1. The topological polar surface area (TPSA) is 46.3 Å². The first-order valence-electron chi connectivity index (χ1n) is 4.88. The largest absolute Gasteiger partial charge is 0.412 e. The van der Waals surface area contributed by atoms with Gasteiger partial charge in [0.15, 0.2) is 6.04 Å². The lowest BCUT2D eigenvalue weighted by atomic mass is 10.1. The van der Waals surface area contributed by atoms with Crippen molar-refractivity contribution in [1.82, 2.24) is 4.90 Å². The number of carbonyl (C=O) groups is 1. The van der Waals surface area contributed by atoms with Gasteiger partial charge in [0.05, 0.1) is 0 Å². The Hall–Kier alpha value is -0.780. The van der Waals surface area contributed by atoms with Crippen molar-refractivity contribution in [2.24, 2.45) is 11.7 Å². The summed E-state index contributed by atoms with van der Waals surface area (Å²) in [5.74, 6) is -0.784. The zero-order valence-electron chi connectivity index (χ0n) is 8.71. The van der Waals surface area contributed by atoms with E-state index in [2.05, 4.69) is 0 Å². The molecule has 1 fully saturated rings. The summed E-state index contributed by atoms with van der Waals surface area (Å²) in [5, 5.41) is 0. The minimum atomic E-state index is -4.65. The van der Waals surface area contributed by atoms with Crippen molar-refractivity contribution in [3.05, 3.63) is 0 Å². The maximum atomic E-state index is 12.2. The molecule has 0 aromatic rings. The lowest BCUT2D eigenvalue weighted by Gasteiger charge is -2.27. The molecule has 3 unspecified atom stereocenters. The molecule has 0 saturated carbocycles. The second-order valence-corrected chi connectivity index (χ2v) is 4.06. The van der Waals surface area contributed by atoms with E-state index in [9.17, 15) is 18.0 Å². The molecular weight excluding hydrogens is 209 g/mol. The highest BCUT2D eigenvalue weighted by atomic mass is 19.4. The average molecular weight is 224 g/mol. The fraction of sp³-hybridized carbons (Fsp3) is 0.889. The van der Waals surface area contributed by atoms with Gasteiger partial charge in [0, 0.05) is 12.6 Å². The molecular formula is C9H15F3N2O. The van der Waals surface area contributed by atoms with Gasteiger partial charge in [-0.15, -0.1) is 0 Å². The Balaban J connectivity index is 2.70. The molecule has 3 nitrogen and oxygen atoms in total. The van der Waals surface area contributed by atoms with Gasteiger partial charge in [-0.2, -0.15) is 13.2 Å². The van der Waals surface area contributed by atoms with Crippen LogP contribution in [-0.2, 0) is 4.79 Å². The first kappa shape index (κ1) is 12.3. The van der Waals surface area contributed by atoms with Crippen LogP contribution in [0.25, 0.3) is 0 Å². The average Bonchev–Trinajstić information content (AvgIpc) is 2.44. The van der Waals surface area contributed by atoms with E-state index in [-0.39, 0.29) is 12.0 Å². The highest BCUT2D eigenvalue weighted by Gasteiger charge is 2.46. The van der Waals surface area contributed by atoms with Crippen LogP contribution in [0.3, 0.4) is 0 Å². The lowest BCUT2D eigenvalue weighted by molar-refractivity contribution is -0.170. The zero-order valence-corrected chi connectivity index (χ0v) is 8.71. The Labute approximate surface area is 86.4 Å². The van der Waals surface area contributed by atoms with Crippen molar-refractivity contribution in [3.63, 3.8) is 0 Å². The number of alkyl halides is 3. The summed E-state index contributed by atoms with van der Waals surface area (Å²) in [6.45, 7) is 4.03. The molecule has 0 aromatic heterocycles. The van der Waals surface area contributed by atoms with E-state index < -0.39 is 18.1 Å². The second-order valence-electron chi connectivity index (χ2n) is 4.06. The Morgan fingerprint density at radius 2 is 2.00 bits per heavy atom. The molecule has 1 amide bonds. The highest BCUT2D eigenvalue weighted by molar-refractivity contribution is 5.83. The van der Waals surface area contributed by atoms with Crippen LogP contribution in [0.1, 0.15) is 20.3 Å². The molecule has 1 rings (SSSR count). The Bertz CT molecular complexity index is 254. The van der Waals surface area contributed by atoms with Crippen molar-refractivity contribution >= 4 is 5.91 Å². The van der Waals surface area contributed by atoms with Gasteiger partial charge in [0.1, 0.15) is 0 Å². The van der Waals surface area contributed by atoms with Crippen LogP contribution in [-0.4, -0.2) is 35.6 Å². The quantitative estimate of drug-likeness (QED) is 0.725. The summed E-state index contributed by atoms with van der Waals surface area (Å²) < 4.78 is 36.6. The first-order valence-corrected chi connectivity index (χ1v) is 4.88. The highest BCUT2D eigenvalue weighted by Crippen LogP contribution is 2.27. The molecule has 2 N–H and O–H groups in total. The molecule has 1 aliphatic heterocycles. The summed E-state index contributed by atoms with van der Waals surface area (Å²) >= 11 is 0. The normalized spacial score (nSPS) is 29.3. The number of hydrogen-bond acceptors (Lipinski definition) is 2. The fourth-order valence-corrected chi connectivity index (χ4v) is 1.72. The number of nitrogens with two attached hydrogens (primary N) is 1. The molecule has 1 saturated heterocycles. The van der Waals surface area contributed by atoms with Gasteiger partial charge in [-0.25, -0.2) is 0 Å². The van der Waals surface area contributed by atoms with Crippen LogP contribution in [0.15, 0.2) is 0 Å². The van der Waals surface area contributed by atoms with Crippen molar-refractivity contribution in [1.29, 1.82) is 0 Å². The van der Waals surface area contributed by atoms with Gasteiger partial charge >= 0.3 is 6.18 Å². The molecule has 6 heteroatoms. The van der Waals surface area contributed by atoms with Gasteiger partial charge in [-0.3, -0.25) is 4.79 Å². The maximum absolute atomic E-state index is 12.2. The fourth-order valence-electron chi connectivity index (χ4n) is 1.72. The van der Waals surface area contributed by atoms with Crippen LogP contribution in [0, 0.1) is 5.92 Å². The summed E-state index contributed by atoms with van der Waals surface area (Å²) in [7, 11) is 0. The van der Waals surface area contributed by atoms with Crippen LogP contribution >= 0.6 is 0 Å². The first-order chi connectivity index (χ1) is 6.75. The van der Waals surface area contributed by atoms with Gasteiger partial charge in [-0.1, -0.05) is 6.92 Å². The van der Waals surface area contributed by atoms with Gasteiger partial charge in [0.2, 0.25) is 5.91 Å². The monoisotopic (exact) mass is 224 g/mol. The molecule has 15 heavy (non-hydrogen) atoms. The Kier molecular flexibility index (Phi) is 3.28. The van der Waals surface area contributed by atoms with Crippen LogP contribution in [0.2, 0.25) is 0 Å². The zero-order chi connectivity index (χ0) is 11.8. The molecule has 88 valence electrons. The molecule has 0 bridgehead atoms. The smallest absolute Gasteiger partial charge is 0.338 e. The van der Waals surface area contributed by atoms with Crippen molar-refractivity contribution in [3.8, 4) is 0 Å². The van der Waals surface area contributed by atoms with Crippen LogP contribution in [0.5, 0.6) is 0 Å². The van der Waals surface area contributed by atoms with E-state index in [0.29, 0.717) is 6.54 Å². The van der Waals surface area contributed by atoms with Gasteiger partial charge < -0.3 is 10.6 Å². The van der Waals surface area contributed by atoms with E-state index in [1.54, 1.807) is 6.92 Å². The van der Waals surface area contributed by atoms with Crippen molar-refractivity contribution < 1.29 is 18.0 Å². The SMILES string of the molecule is CC1CCN(C(=O)C(N)C(F)(F)F)C1C. The summed E-state index contributed by atoms with van der Waals surface area (Å²) in [4.78, 5) is 12.7. The molecule has 0 radical (unpaired) electrons. The Morgan fingerprint density at radius 1 is 1.47 bits per heavy atom. The predicted molar refractivity (Wildman–Crippen MR) is 49.0 cm³/mol. The third-order valence-electron chi connectivity index (χ3n) is 3.04. The van der Waals surface area contributed by atoms with E-state index in [4.69, 9.17) is 5.73 Å². The number of nitrogens with zero attached hydrogens (tertiary/aromatic N) is 1. The maximum Gasteiger partial charge on any atom is 0.412 e. The molecule has 0 aromatic carbocycles. The van der Waals surface area contributed by atoms with Crippen molar-refractivity contribution in [2.45, 2.75) is 38.5 Å². The number of amides is 1. The van der Waals surface area contributed by atoms with Crippen LogP contribution in [0.4, 0.5) is 13.2 Å². The van der Waals surface area contributed by atoms with Gasteiger partial charge in [-0.05, 0) is 19.3 Å². The number of carbonyl (C=O) groups excluding carboxylic acids is 1. The van der Waals surface area contributed by atoms with E-state index in [1.165, 1.54) is 4.90 Å². The number of halogens is 3. The third-order valence-corrected chi connectivity index (χ3v) is 3.04. The van der Waals surface area contributed by atoms with Gasteiger partial charge in [0.25, 0.3) is 0 Å². The third kappa shape index (κ3) is 2.42. The van der Waals surface area contributed by atoms with E-state index in [1.807, 2.05) is 6.92 Å². The molecule has 1 aliphatic rings. The summed E-state index contributed by atoms with van der Waals surface area (Å²) in [5.41, 5.74) is 4.87.